The molecule has 2 N–H and O–H groups in total. The predicted octanol–water partition coefficient (Wildman–Crippen LogP) is 4.35. The summed E-state index contributed by atoms with van der Waals surface area (Å²) in [6, 6.07) is 12.5. The van der Waals surface area contributed by atoms with E-state index >= 15 is 0 Å². The van der Waals surface area contributed by atoms with Crippen molar-refractivity contribution in [3.8, 4) is 11.4 Å². The van der Waals surface area contributed by atoms with E-state index in [2.05, 4.69) is 25.5 Å². The first kappa shape index (κ1) is 15.2. The van der Waals surface area contributed by atoms with Gasteiger partial charge in [0.1, 0.15) is 23.3 Å². The summed E-state index contributed by atoms with van der Waals surface area (Å²) in [5.41, 5.74) is 1.76. The first-order valence-corrected chi connectivity index (χ1v) is 7.61. The third-order valence-corrected chi connectivity index (χ3v) is 3.68. The molecule has 0 atom stereocenters. The highest BCUT2D eigenvalue weighted by atomic mass is 19.1. The average Bonchev–Trinajstić information content (AvgIpc) is 2.99. The minimum atomic E-state index is -0.675. The number of aryl methyl sites for hydroxylation is 1. The molecule has 4 aromatic rings. The van der Waals surface area contributed by atoms with Crippen LogP contribution in [0, 0.1) is 18.6 Å². The number of H-pyrrole nitrogens is 1. The van der Waals surface area contributed by atoms with Gasteiger partial charge in [-0.15, -0.1) is 0 Å². The maximum Gasteiger partial charge on any atom is 0.162 e. The Kier molecular flexibility index (Phi) is 3.61. The Hall–Kier alpha value is -3.35. The van der Waals surface area contributed by atoms with Crippen molar-refractivity contribution >= 4 is 22.5 Å². The molecule has 124 valence electrons. The summed E-state index contributed by atoms with van der Waals surface area (Å²) in [5, 5.41) is 10.9. The van der Waals surface area contributed by atoms with Crippen molar-refractivity contribution < 1.29 is 8.78 Å². The van der Waals surface area contributed by atoms with Crippen LogP contribution in [0.5, 0.6) is 0 Å². The van der Waals surface area contributed by atoms with Crippen LogP contribution in [-0.4, -0.2) is 20.2 Å². The molecule has 0 spiro atoms. The van der Waals surface area contributed by atoms with Crippen molar-refractivity contribution in [3.05, 3.63) is 65.9 Å². The molecule has 0 fully saturated rings. The number of aromatic nitrogens is 4. The number of para-hydroxylation sites is 1. The second kappa shape index (κ2) is 5.94. The van der Waals surface area contributed by atoms with E-state index in [1.54, 1.807) is 0 Å². The standard InChI is InChI=1S/C18H13F2N5/c1-10-6-16(25-24-10)22-18-14-4-2-3-5-15(14)21-17(23-18)11-7-12(19)9-13(20)8-11/h2-9H,1H3,(H2,21,22,23,24,25). The summed E-state index contributed by atoms with van der Waals surface area (Å²) in [6.07, 6.45) is 0. The van der Waals surface area contributed by atoms with Gasteiger partial charge in [0.05, 0.1) is 11.2 Å². The largest absolute Gasteiger partial charge is 0.325 e. The molecular weight excluding hydrogens is 324 g/mol. The SMILES string of the molecule is Cc1cc(Nc2nc(-c3cc(F)cc(F)c3)nc3ccccc23)[nH]n1. The van der Waals surface area contributed by atoms with Crippen LogP contribution in [0.15, 0.2) is 48.5 Å². The fraction of sp³-hybridized carbons (Fsp3) is 0.0556. The van der Waals surface area contributed by atoms with Crippen molar-refractivity contribution in [1.82, 2.24) is 20.2 Å². The number of nitrogens with zero attached hydrogens (tertiary/aromatic N) is 3. The molecule has 0 saturated heterocycles. The molecule has 0 aliphatic rings. The van der Waals surface area contributed by atoms with E-state index in [1.165, 1.54) is 12.1 Å². The molecule has 0 radical (unpaired) electrons. The van der Waals surface area contributed by atoms with Crippen molar-refractivity contribution in [2.24, 2.45) is 0 Å². The molecule has 25 heavy (non-hydrogen) atoms. The lowest BCUT2D eigenvalue weighted by molar-refractivity contribution is 0.584. The van der Waals surface area contributed by atoms with Crippen LogP contribution in [0.2, 0.25) is 0 Å². The Balaban J connectivity index is 1.88. The van der Waals surface area contributed by atoms with Crippen molar-refractivity contribution in [2.45, 2.75) is 6.92 Å². The molecule has 0 unspecified atom stereocenters. The first-order chi connectivity index (χ1) is 12.1. The number of benzene rings is 2. The number of anilines is 2. The summed E-state index contributed by atoms with van der Waals surface area (Å²) in [6.45, 7) is 1.86. The predicted molar refractivity (Wildman–Crippen MR) is 91.5 cm³/mol. The number of rotatable bonds is 3. The zero-order valence-corrected chi connectivity index (χ0v) is 13.2. The van der Waals surface area contributed by atoms with Gasteiger partial charge >= 0.3 is 0 Å². The van der Waals surface area contributed by atoms with Crippen LogP contribution in [0.3, 0.4) is 0 Å². The summed E-state index contributed by atoms with van der Waals surface area (Å²) in [4.78, 5) is 8.88. The lowest BCUT2D eigenvalue weighted by Crippen LogP contribution is -2.00. The summed E-state index contributed by atoms with van der Waals surface area (Å²) < 4.78 is 27.1. The molecule has 0 saturated carbocycles. The molecular formula is C18H13F2N5. The zero-order chi connectivity index (χ0) is 17.4. The van der Waals surface area contributed by atoms with Gasteiger partial charge < -0.3 is 5.32 Å². The maximum absolute atomic E-state index is 13.6. The van der Waals surface area contributed by atoms with Crippen LogP contribution in [0.1, 0.15) is 5.69 Å². The van der Waals surface area contributed by atoms with Gasteiger partial charge in [-0.1, -0.05) is 12.1 Å². The van der Waals surface area contributed by atoms with E-state index in [0.717, 1.165) is 17.1 Å². The minimum absolute atomic E-state index is 0.232. The van der Waals surface area contributed by atoms with E-state index in [4.69, 9.17) is 0 Å². The lowest BCUT2D eigenvalue weighted by Gasteiger charge is -2.10. The Morgan fingerprint density at radius 3 is 2.44 bits per heavy atom. The van der Waals surface area contributed by atoms with Gasteiger partial charge in [0.25, 0.3) is 0 Å². The van der Waals surface area contributed by atoms with Gasteiger partial charge in [-0.25, -0.2) is 18.7 Å². The van der Waals surface area contributed by atoms with E-state index in [9.17, 15) is 8.78 Å². The number of halogens is 2. The summed E-state index contributed by atoms with van der Waals surface area (Å²) >= 11 is 0. The van der Waals surface area contributed by atoms with Gasteiger partial charge in [0.15, 0.2) is 5.82 Å². The van der Waals surface area contributed by atoms with E-state index in [-0.39, 0.29) is 11.4 Å². The third kappa shape index (κ3) is 3.03. The van der Waals surface area contributed by atoms with Crippen LogP contribution in [-0.2, 0) is 0 Å². The van der Waals surface area contributed by atoms with Crippen molar-refractivity contribution in [2.75, 3.05) is 5.32 Å². The van der Waals surface area contributed by atoms with E-state index < -0.39 is 11.6 Å². The molecule has 2 aromatic carbocycles. The van der Waals surface area contributed by atoms with Gasteiger partial charge in [0.2, 0.25) is 0 Å². The molecule has 0 aliphatic carbocycles. The summed E-state index contributed by atoms with van der Waals surface area (Å²) in [5.74, 6) is 0.0680. The topological polar surface area (TPSA) is 66.5 Å². The second-order valence-electron chi connectivity index (χ2n) is 5.62. The number of aromatic amines is 1. The third-order valence-electron chi connectivity index (χ3n) is 3.68. The zero-order valence-electron chi connectivity index (χ0n) is 13.2. The summed E-state index contributed by atoms with van der Waals surface area (Å²) in [7, 11) is 0. The Morgan fingerprint density at radius 1 is 0.960 bits per heavy atom. The Bertz CT molecular complexity index is 1050. The van der Waals surface area contributed by atoms with Crippen molar-refractivity contribution in [1.29, 1.82) is 0 Å². The van der Waals surface area contributed by atoms with Crippen LogP contribution in [0.25, 0.3) is 22.3 Å². The van der Waals surface area contributed by atoms with Crippen LogP contribution >= 0.6 is 0 Å². The Morgan fingerprint density at radius 2 is 1.72 bits per heavy atom. The van der Waals surface area contributed by atoms with Gasteiger partial charge in [-0.2, -0.15) is 5.10 Å². The molecule has 0 aliphatic heterocycles. The van der Waals surface area contributed by atoms with Crippen LogP contribution in [0.4, 0.5) is 20.4 Å². The van der Waals surface area contributed by atoms with Gasteiger partial charge in [-0.3, -0.25) is 5.10 Å². The van der Waals surface area contributed by atoms with Crippen molar-refractivity contribution in [3.63, 3.8) is 0 Å². The fourth-order valence-electron chi connectivity index (χ4n) is 2.60. The van der Waals surface area contributed by atoms with E-state index in [0.29, 0.717) is 17.2 Å². The molecule has 0 amide bonds. The highest BCUT2D eigenvalue weighted by molar-refractivity contribution is 5.91. The van der Waals surface area contributed by atoms with E-state index in [1.807, 2.05) is 37.3 Å². The smallest absolute Gasteiger partial charge is 0.162 e. The number of nitrogens with one attached hydrogen (secondary N) is 2. The highest BCUT2D eigenvalue weighted by Gasteiger charge is 2.12. The molecule has 0 bridgehead atoms. The average molecular weight is 337 g/mol. The fourth-order valence-corrected chi connectivity index (χ4v) is 2.60. The Labute approximate surface area is 141 Å². The number of hydrogen-bond acceptors (Lipinski definition) is 4. The molecule has 7 heteroatoms. The monoisotopic (exact) mass is 337 g/mol. The maximum atomic E-state index is 13.6. The minimum Gasteiger partial charge on any atom is -0.325 e. The highest BCUT2D eigenvalue weighted by Crippen LogP contribution is 2.27. The number of fused-ring (bicyclic) bond motifs is 1. The number of hydrogen-bond donors (Lipinski definition) is 2. The normalized spacial score (nSPS) is 11.0. The second-order valence-corrected chi connectivity index (χ2v) is 5.62. The molecule has 2 aromatic heterocycles. The molecule has 2 heterocycles. The lowest BCUT2D eigenvalue weighted by atomic mass is 10.1. The molecule has 5 nitrogen and oxygen atoms in total. The van der Waals surface area contributed by atoms with Gasteiger partial charge in [0, 0.05) is 23.1 Å². The molecule has 4 rings (SSSR count). The van der Waals surface area contributed by atoms with Crippen LogP contribution < -0.4 is 5.32 Å². The van der Waals surface area contributed by atoms with Gasteiger partial charge in [-0.05, 0) is 31.2 Å². The first-order valence-electron chi connectivity index (χ1n) is 7.61. The quantitative estimate of drug-likeness (QED) is 0.583.